The van der Waals surface area contributed by atoms with Gasteiger partial charge in [-0.15, -0.1) is 0 Å². The van der Waals surface area contributed by atoms with Crippen LogP contribution in [-0.2, 0) is 22.4 Å². The van der Waals surface area contributed by atoms with E-state index in [0.717, 1.165) is 38.2 Å². The molecule has 0 saturated carbocycles. The zero-order chi connectivity index (χ0) is 27.8. The monoisotopic (exact) mass is 540 g/mol. The first-order valence-corrected chi connectivity index (χ1v) is 14.3. The first-order valence-electron chi connectivity index (χ1n) is 14.3. The molecule has 3 N–H and O–H groups in total. The highest BCUT2D eigenvalue weighted by Crippen LogP contribution is 2.41. The van der Waals surface area contributed by atoms with Gasteiger partial charge in [0.25, 0.3) is 0 Å². The smallest absolute Gasteiger partial charge is 0.220 e. The van der Waals surface area contributed by atoms with Crippen molar-refractivity contribution in [2.45, 2.75) is 89.5 Å². The molecule has 0 radical (unpaired) electrons. The van der Waals surface area contributed by atoms with Crippen molar-refractivity contribution in [1.29, 1.82) is 0 Å². The van der Waals surface area contributed by atoms with E-state index in [1.54, 1.807) is 0 Å². The fourth-order valence-electron chi connectivity index (χ4n) is 5.50. The van der Waals surface area contributed by atoms with E-state index in [0.29, 0.717) is 30.9 Å². The average molecular weight is 541 g/mol. The van der Waals surface area contributed by atoms with E-state index in [1.165, 1.54) is 28.8 Å². The molecule has 212 valence electrons. The Labute approximate surface area is 231 Å². The fraction of sp³-hybridized carbons (Fsp3) is 0.531. The van der Waals surface area contributed by atoms with Gasteiger partial charge in [-0.3, -0.25) is 4.79 Å². The Morgan fingerprint density at radius 2 is 1.82 bits per heavy atom. The topological polar surface area (TPSA) is 70.6 Å². The molecule has 2 aromatic rings. The van der Waals surface area contributed by atoms with Crippen LogP contribution in [0.2, 0.25) is 0 Å². The second-order valence-electron chi connectivity index (χ2n) is 11.4. The number of aryl methyl sites for hydroxylation is 1. The minimum atomic E-state index is -0.954. The highest BCUT2D eigenvalue weighted by molar-refractivity contribution is 5.76. The Kier molecular flexibility index (Phi) is 10.7. The molecular weight excluding hydrogens is 498 g/mol. The highest BCUT2D eigenvalue weighted by atomic mass is 19.1. The van der Waals surface area contributed by atoms with Gasteiger partial charge in [-0.25, -0.2) is 8.78 Å². The zero-order valence-electron chi connectivity index (χ0n) is 23.1. The zero-order valence-corrected chi connectivity index (χ0v) is 23.1. The molecule has 0 fully saturated rings. The number of aliphatic hydroxyl groups is 1. The van der Waals surface area contributed by atoms with Crippen molar-refractivity contribution in [3.05, 3.63) is 82.4 Å². The molecule has 2 bridgehead atoms. The van der Waals surface area contributed by atoms with Crippen LogP contribution < -0.4 is 10.6 Å². The second-order valence-corrected chi connectivity index (χ2v) is 11.4. The first-order chi connectivity index (χ1) is 18.8. The van der Waals surface area contributed by atoms with E-state index in [-0.39, 0.29) is 31.0 Å². The van der Waals surface area contributed by atoms with Crippen molar-refractivity contribution in [3.8, 4) is 0 Å². The molecule has 7 heteroatoms. The van der Waals surface area contributed by atoms with Crippen LogP contribution in [0.3, 0.4) is 0 Å². The van der Waals surface area contributed by atoms with Gasteiger partial charge in [0.05, 0.1) is 24.9 Å². The van der Waals surface area contributed by atoms with Gasteiger partial charge >= 0.3 is 0 Å². The summed E-state index contributed by atoms with van der Waals surface area (Å²) in [5.41, 5.74) is 4.04. The van der Waals surface area contributed by atoms with Gasteiger partial charge in [-0.2, -0.15) is 0 Å². The maximum Gasteiger partial charge on any atom is 0.220 e. The van der Waals surface area contributed by atoms with E-state index in [1.807, 2.05) is 6.08 Å². The van der Waals surface area contributed by atoms with Crippen LogP contribution in [0.4, 0.5) is 8.78 Å². The van der Waals surface area contributed by atoms with Gasteiger partial charge in [-0.05, 0) is 85.3 Å². The van der Waals surface area contributed by atoms with Gasteiger partial charge in [0.1, 0.15) is 11.6 Å². The number of β-amino-alcohol motifs (C(OH)–C–C–N with tert-alkyl or cyclic N) is 1. The SMILES string of the molecule is CC(C)CCc1ccc2c(c1)[C@@H]1C[C@H]2OCC=CCCCCC(=O)N[C@@H](Cc2cc(F)cc(F)c2)[C@H](O)CN1. The summed E-state index contributed by atoms with van der Waals surface area (Å²) in [7, 11) is 0. The number of benzene rings is 2. The third-order valence-corrected chi connectivity index (χ3v) is 7.68. The van der Waals surface area contributed by atoms with Crippen molar-refractivity contribution in [3.63, 3.8) is 0 Å². The van der Waals surface area contributed by atoms with Gasteiger partial charge in [0.2, 0.25) is 5.91 Å². The average Bonchev–Trinajstić information content (AvgIpc) is 3.23. The third-order valence-electron chi connectivity index (χ3n) is 7.68. The molecule has 4 rings (SSSR count). The normalized spacial score (nSPS) is 24.8. The number of hydrogen-bond acceptors (Lipinski definition) is 4. The molecule has 1 aliphatic heterocycles. The van der Waals surface area contributed by atoms with Gasteiger partial charge < -0.3 is 20.5 Å². The molecule has 2 aliphatic rings. The Balaban J connectivity index is 1.55. The molecular formula is C32H42F2N2O3. The minimum absolute atomic E-state index is 0.0127. The molecule has 0 spiro atoms. The van der Waals surface area contributed by atoms with Crippen LogP contribution in [0, 0.1) is 17.6 Å². The lowest BCUT2D eigenvalue weighted by Crippen LogP contribution is -2.49. The molecule has 0 aromatic heterocycles. The summed E-state index contributed by atoms with van der Waals surface area (Å²) >= 11 is 0. The molecule has 5 nitrogen and oxygen atoms in total. The number of ether oxygens (including phenoxy) is 1. The maximum atomic E-state index is 13.9. The Morgan fingerprint density at radius 1 is 1.03 bits per heavy atom. The van der Waals surface area contributed by atoms with E-state index in [9.17, 15) is 18.7 Å². The van der Waals surface area contributed by atoms with Crippen LogP contribution in [0.1, 0.15) is 86.8 Å². The van der Waals surface area contributed by atoms with Gasteiger partial charge in [-0.1, -0.05) is 44.2 Å². The molecule has 1 amide bonds. The van der Waals surface area contributed by atoms with Crippen LogP contribution in [0.25, 0.3) is 0 Å². The molecule has 2 aromatic carbocycles. The van der Waals surface area contributed by atoms with Crippen molar-refractivity contribution < 1.29 is 23.4 Å². The number of halogens is 2. The summed E-state index contributed by atoms with van der Waals surface area (Å²) in [4.78, 5) is 12.7. The van der Waals surface area contributed by atoms with Crippen molar-refractivity contribution in [1.82, 2.24) is 10.6 Å². The predicted octanol–water partition coefficient (Wildman–Crippen LogP) is 5.86. The number of aliphatic hydroxyl groups excluding tert-OH is 1. The second kappa shape index (κ2) is 14.1. The number of fused-ring (bicyclic) bond motifs is 5. The van der Waals surface area contributed by atoms with Crippen molar-refractivity contribution in [2.75, 3.05) is 13.2 Å². The molecule has 0 unspecified atom stereocenters. The summed E-state index contributed by atoms with van der Waals surface area (Å²) < 4.78 is 34.0. The summed E-state index contributed by atoms with van der Waals surface area (Å²) in [6.07, 6.45) is 8.90. The van der Waals surface area contributed by atoms with Crippen LogP contribution in [0.15, 0.2) is 48.6 Å². The number of allylic oxidation sites excluding steroid dienone is 1. The van der Waals surface area contributed by atoms with E-state index < -0.39 is 23.8 Å². The standard InChI is InChI=1S/C32H42F2N2O3/c1-21(2)9-10-22-11-12-26-27(16-22)28-19-31(26)39-13-7-5-3-4-6-8-32(38)36-29(30(37)20-35-28)17-23-14-24(33)18-25(34)15-23/h5,7,11-12,14-16,18,21,28-31,35,37H,3-4,6,8-10,13,17,19-20H2,1-2H3,(H,36,38)/t28-,29-,30+,31+/m0/s1. The van der Waals surface area contributed by atoms with Gasteiger partial charge in [0, 0.05) is 25.1 Å². The van der Waals surface area contributed by atoms with Crippen molar-refractivity contribution in [2.24, 2.45) is 5.92 Å². The lowest BCUT2D eigenvalue weighted by Gasteiger charge is -2.26. The van der Waals surface area contributed by atoms with Crippen LogP contribution in [-0.4, -0.2) is 36.3 Å². The lowest BCUT2D eigenvalue weighted by molar-refractivity contribution is -0.122. The number of hydrogen-bond donors (Lipinski definition) is 3. The molecule has 4 atom stereocenters. The molecule has 1 heterocycles. The maximum absolute atomic E-state index is 13.9. The van der Waals surface area contributed by atoms with E-state index >= 15 is 0 Å². The molecule has 39 heavy (non-hydrogen) atoms. The number of carbonyl (C=O) groups is 1. The van der Waals surface area contributed by atoms with Crippen molar-refractivity contribution >= 4 is 5.91 Å². The Bertz CT molecular complexity index is 1120. The summed E-state index contributed by atoms with van der Waals surface area (Å²) in [6, 6.07) is 9.25. The number of rotatable bonds is 5. The number of amides is 1. The minimum Gasteiger partial charge on any atom is -0.390 e. The highest BCUT2D eigenvalue weighted by Gasteiger charge is 2.33. The Hall–Kier alpha value is -2.61. The van der Waals surface area contributed by atoms with E-state index in [4.69, 9.17) is 4.74 Å². The lowest BCUT2D eigenvalue weighted by atomic mass is 9.97. The Morgan fingerprint density at radius 3 is 2.59 bits per heavy atom. The summed E-state index contributed by atoms with van der Waals surface area (Å²) in [6.45, 7) is 5.20. The van der Waals surface area contributed by atoms with Gasteiger partial charge in [0.15, 0.2) is 0 Å². The number of nitrogens with one attached hydrogen (secondary N) is 2. The molecule has 0 saturated heterocycles. The number of carbonyl (C=O) groups excluding carboxylic acids is 1. The first kappa shape index (κ1) is 29.4. The quantitative estimate of drug-likeness (QED) is 0.415. The third kappa shape index (κ3) is 8.69. The van der Waals surface area contributed by atoms with Crippen LogP contribution in [0.5, 0.6) is 0 Å². The fourth-order valence-corrected chi connectivity index (χ4v) is 5.50. The largest absolute Gasteiger partial charge is 0.390 e. The van der Waals surface area contributed by atoms with Crippen LogP contribution >= 0.6 is 0 Å². The summed E-state index contributed by atoms with van der Waals surface area (Å²) in [5.74, 6) is -0.907. The predicted molar refractivity (Wildman–Crippen MR) is 149 cm³/mol. The molecule has 1 aliphatic carbocycles. The summed E-state index contributed by atoms with van der Waals surface area (Å²) in [5, 5.41) is 17.7. The van der Waals surface area contributed by atoms with E-state index in [2.05, 4.69) is 48.8 Å².